The molecule has 0 fully saturated rings. The fourth-order valence-electron chi connectivity index (χ4n) is 3.29. The number of rotatable bonds is 8. The van der Waals surface area contributed by atoms with E-state index in [1.54, 1.807) is 23.6 Å². The van der Waals surface area contributed by atoms with Gasteiger partial charge in [-0.3, -0.25) is 14.3 Å². The molecule has 4 aromatic rings. The minimum Gasteiger partial charge on any atom is -0.298 e. The Morgan fingerprint density at radius 2 is 2.00 bits per heavy atom. The Balaban J connectivity index is 1.54. The first-order valence-electron chi connectivity index (χ1n) is 10.1. The van der Waals surface area contributed by atoms with Crippen molar-refractivity contribution in [1.29, 1.82) is 0 Å². The van der Waals surface area contributed by atoms with Crippen LogP contribution < -0.4 is 4.90 Å². The number of carbonyl (C=O) groups is 1. The van der Waals surface area contributed by atoms with Crippen LogP contribution in [0.15, 0.2) is 77.8 Å². The fraction of sp³-hybridized carbons (Fsp3) is 0.167. The number of thiazole rings is 1. The summed E-state index contributed by atoms with van der Waals surface area (Å²) in [6, 6.07) is 17.8. The van der Waals surface area contributed by atoms with Crippen LogP contribution in [-0.2, 0) is 17.1 Å². The molecule has 0 bridgehead atoms. The van der Waals surface area contributed by atoms with Gasteiger partial charge in [0.05, 0.1) is 11.4 Å². The summed E-state index contributed by atoms with van der Waals surface area (Å²) in [5.74, 6) is 1.38. The minimum atomic E-state index is -0.0710. The molecule has 0 radical (unpaired) electrons. The summed E-state index contributed by atoms with van der Waals surface area (Å²) in [5, 5.41) is 12.3. The second-order valence-corrected chi connectivity index (χ2v) is 8.95. The van der Waals surface area contributed by atoms with Crippen molar-refractivity contribution in [1.82, 2.24) is 19.7 Å². The number of hydrogen-bond acceptors (Lipinski definition) is 6. The summed E-state index contributed by atoms with van der Waals surface area (Å²) in [6.45, 7) is 8.11. The Morgan fingerprint density at radius 3 is 2.72 bits per heavy atom. The summed E-state index contributed by atoms with van der Waals surface area (Å²) in [7, 11) is 0. The van der Waals surface area contributed by atoms with E-state index in [2.05, 4.69) is 40.4 Å². The number of anilines is 2. The Bertz CT molecular complexity index is 1230. The molecule has 0 unspecified atom stereocenters. The van der Waals surface area contributed by atoms with Crippen LogP contribution in [0.2, 0.25) is 0 Å². The van der Waals surface area contributed by atoms with Crippen molar-refractivity contribution in [3.8, 4) is 11.4 Å². The maximum atomic E-state index is 12.3. The summed E-state index contributed by atoms with van der Waals surface area (Å²) in [6.07, 6.45) is 1.85. The smallest absolute Gasteiger partial charge is 0.230 e. The molecule has 8 heteroatoms. The maximum absolute atomic E-state index is 12.3. The van der Waals surface area contributed by atoms with Gasteiger partial charge in [-0.2, -0.15) is 0 Å². The van der Waals surface area contributed by atoms with Crippen molar-refractivity contribution in [3.63, 3.8) is 0 Å². The molecule has 0 atom stereocenters. The second-order valence-electron chi connectivity index (χ2n) is 7.18. The largest absolute Gasteiger partial charge is 0.298 e. The lowest BCUT2D eigenvalue weighted by atomic mass is 10.1. The van der Waals surface area contributed by atoms with Crippen LogP contribution in [0.3, 0.4) is 0 Å². The van der Waals surface area contributed by atoms with Gasteiger partial charge in [-0.1, -0.05) is 59.8 Å². The van der Waals surface area contributed by atoms with Crippen LogP contribution in [0.4, 0.5) is 10.8 Å². The molecule has 32 heavy (non-hydrogen) atoms. The van der Waals surface area contributed by atoms with Crippen LogP contribution in [-0.4, -0.2) is 25.7 Å². The predicted octanol–water partition coefficient (Wildman–Crippen LogP) is 5.87. The first kappa shape index (κ1) is 22.0. The van der Waals surface area contributed by atoms with E-state index >= 15 is 0 Å². The second kappa shape index (κ2) is 9.93. The number of thioether (sulfide) groups is 1. The van der Waals surface area contributed by atoms with Gasteiger partial charge in [-0.25, -0.2) is 4.98 Å². The van der Waals surface area contributed by atoms with Gasteiger partial charge in [-0.05, 0) is 25.1 Å². The fourth-order valence-corrected chi connectivity index (χ4v) is 5.13. The van der Waals surface area contributed by atoms with E-state index < -0.39 is 0 Å². The summed E-state index contributed by atoms with van der Waals surface area (Å²) < 4.78 is 2.06. The first-order chi connectivity index (χ1) is 15.6. The molecule has 0 aliphatic carbocycles. The third-order valence-electron chi connectivity index (χ3n) is 4.71. The molecule has 0 saturated carbocycles. The highest BCUT2D eigenvalue weighted by molar-refractivity contribution is 7.98. The number of allylic oxidation sites excluding steroid dienone is 1. The molecule has 0 N–H and O–H groups in total. The monoisotopic (exact) mass is 461 g/mol. The van der Waals surface area contributed by atoms with E-state index in [-0.39, 0.29) is 5.91 Å². The molecule has 162 valence electrons. The predicted molar refractivity (Wildman–Crippen MR) is 131 cm³/mol. The standard InChI is InChI=1S/C24H23N5OS2/c1-4-13-28-22(19-10-8-9-17(2)14-19)26-27-24(28)32-16-20-15-31-23(25-20)29(18(3)30)21-11-6-5-7-12-21/h4-12,14-15H,1,13,16H2,2-3H3. The summed E-state index contributed by atoms with van der Waals surface area (Å²) in [5.41, 5.74) is 3.90. The zero-order chi connectivity index (χ0) is 22.5. The third-order valence-corrected chi connectivity index (χ3v) is 6.59. The van der Waals surface area contributed by atoms with Gasteiger partial charge in [0.1, 0.15) is 0 Å². The van der Waals surface area contributed by atoms with E-state index in [4.69, 9.17) is 4.98 Å². The highest BCUT2D eigenvalue weighted by Crippen LogP contribution is 2.32. The lowest BCUT2D eigenvalue weighted by Crippen LogP contribution is -2.22. The van der Waals surface area contributed by atoms with E-state index in [9.17, 15) is 4.79 Å². The molecular formula is C24H23N5OS2. The van der Waals surface area contributed by atoms with Crippen molar-refractivity contribution >= 4 is 39.8 Å². The van der Waals surface area contributed by atoms with Gasteiger partial charge < -0.3 is 0 Å². The molecule has 2 aromatic carbocycles. The van der Waals surface area contributed by atoms with Crippen LogP contribution in [0.25, 0.3) is 11.4 Å². The molecule has 6 nitrogen and oxygen atoms in total. The van der Waals surface area contributed by atoms with E-state index in [0.717, 1.165) is 27.9 Å². The van der Waals surface area contributed by atoms with Crippen LogP contribution >= 0.6 is 23.1 Å². The molecule has 1 amide bonds. The van der Waals surface area contributed by atoms with Crippen molar-refractivity contribution in [2.45, 2.75) is 31.3 Å². The van der Waals surface area contributed by atoms with Crippen LogP contribution in [0, 0.1) is 6.92 Å². The van der Waals surface area contributed by atoms with Gasteiger partial charge >= 0.3 is 0 Å². The van der Waals surface area contributed by atoms with Gasteiger partial charge in [0.15, 0.2) is 16.1 Å². The number of aryl methyl sites for hydroxylation is 1. The first-order valence-corrected chi connectivity index (χ1v) is 12.0. The molecule has 0 aliphatic heterocycles. The van der Waals surface area contributed by atoms with E-state index in [1.165, 1.54) is 16.9 Å². The summed E-state index contributed by atoms with van der Waals surface area (Å²) in [4.78, 5) is 18.6. The number of carbonyl (C=O) groups excluding carboxylic acids is 1. The normalized spacial score (nSPS) is 10.8. The summed E-state index contributed by atoms with van der Waals surface area (Å²) >= 11 is 3.03. The van der Waals surface area contributed by atoms with Crippen LogP contribution in [0.1, 0.15) is 18.2 Å². The number of benzene rings is 2. The number of amides is 1. The highest BCUT2D eigenvalue weighted by atomic mass is 32.2. The number of hydrogen-bond donors (Lipinski definition) is 0. The van der Waals surface area contributed by atoms with Gasteiger partial charge in [0.25, 0.3) is 0 Å². The molecule has 0 saturated heterocycles. The number of nitrogens with zero attached hydrogens (tertiary/aromatic N) is 5. The molecule has 0 aliphatic rings. The molecule has 4 rings (SSSR count). The Kier molecular flexibility index (Phi) is 6.82. The van der Waals surface area contributed by atoms with E-state index in [1.807, 2.05) is 53.9 Å². The van der Waals surface area contributed by atoms with Gasteiger partial charge in [0.2, 0.25) is 5.91 Å². The van der Waals surface area contributed by atoms with Crippen molar-refractivity contribution in [2.75, 3.05) is 4.90 Å². The highest BCUT2D eigenvalue weighted by Gasteiger charge is 2.19. The minimum absolute atomic E-state index is 0.0710. The van der Waals surface area contributed by atoms with Crippen molar-refractivity contribution in [3.05, 3.63) is 83.9 Å². The van der Waals surface area contributed by atoms with Gasteiger partial charge in [-0.15, -0.1) is 28.1 Å². The Hall–Kier alpha value is -3.23. The average Bonchev–Trinajstić information content (AvgIpc) is 3.40. The lowest BCUT2D eigenvalue weighted by Gasteiger charge is -2.17. The third kappa shape index (κ3) is 4.81. The zero-order valence-corrected chi connectivity index (χ0v) is 19.6. The Morgan fingerprint density at radius 1 is 1.19 bits per heavy atom. The number of para-hydroxylation sites is 1. The van der Waals surface area contributed by atoms with Crippen LogP contribution in [0.5, 0.6) is 0 Å². The molecule has 2 aromatic heterocycles. The quantitative estimate of drug-likeness (QED) is 0.242. The molecular weight excluding hydrogens is 438 g/mol. The molecule has 2 heterocycles. The lowest BCUT2D eigenvalue weighted by molar-refractivity contribution is -0.115. The molecule has 0 spiro atoms. The Labute approximate surface area is 195 Å². The SMILES string of the molecule is C=CCn1c(SCc2csc(N(C(C)=O)c3ccccc3)n2)nnc1-c1cccc(C)c1. The number of aromatic nitrogens is 4. The van der Waals surface area contributed by atoms with Gasteiger partial charge in [0, 0.05) is 30.2 Å². The van der Waals surface area contributed by atoms with Crippen molar-refractivity contribution < 1.29 is 4.79 Å². The zero-order valence-electron chi connectivity index (χ0n) is 17.9. The maximum Gasteiger partial charge on any atom is 0.230 e. The topological polar surface area (TPSA) is 63.9 Å². The average molecular weight is 462 g/mol. The van der Waals surface area contributed by atoms with Crippen molar-refractivity contribution in [2.24, 2.45) is 0 Å². The van der Waals surface area contributed by atoms with E-state index in [0.29, 0.717) is 17.4 Å².